The largest absolute Gasteiger partial charge is 0.490 e. The molecule has 0 saturated heterocycles. The maximum absolute atomic E-state index is 13.3. The summed E-state index contributed by atoms with van der Waals surface area (Å²) in [4.78, 5) is 28.3. The van der Waals surface area contributed by atoms with Gasteiger partial charge in [0.15, 0.2) is 11.5 Å². The van der Waals surface area contributed by atoms with Crippen LogP contribution in [-0.4, -0.2) is 44.8 Å². The maximum Gasteiger partial charge on any atom is 0.255 e. The highest BCUT2D eigenvalue weighted by Crippen LogP contribution is 2.41. The van der Waals surface area contributed by atoms with Crippen LogP contribution in [-0.2, 0) is 4.79 Å². The number of rotatable bonds is 11. The Balaban J connectivity index is 1.92. The van der Waals surface area contributed by atoms with E-state index in [2.05, 4.69) is 19.2 Å². The van der Waals surface area contributed by atoms with Crippen molar-refractivity contribution in [1.29, 1.82) is 0 Å². The Morgan fingerprint density at radius 3 is 2.22 bits per heavy atom. The summed E-state index contributed by atoms with van der Waals surface area (Å²) in [6.07, 6.45) is 0.877. The zero-order valence-corrected chi connectivity index (χ0v) is 23.1. The Hall–Kier alpha value is -3.42. The molecule has 1 aliphatic rings. The first kappa shape index (κ1) is 28.2. The standard InChI is InChI=1S/C29H40N2O6/c1-8-34-24-15-20(16-25(35-9-2)26(24)36-10-3)27(32)30-21-11-12-22-23(17-21)37-18-29(6,7)28(33)31(22)14-13-19(4)5/h11-12,15-17,19H,8-10,13-14,18H2,1-7H3,(H,30,32). The normalized spacial score (nSPS) is 14.5. The molecule has 0 radical (unpaired) electrons. The lowest BCUT2D eigenvalue weighted by atomic mass is 9.92. The number of benzene rings is 2. The van der Waals surface area contributed by atoms with Gasteiger partial charge in [-0.25, -0.2) is 0 Å². The zero-order chi connectivity index (χ0) is 27.2. The third kappa shape index (κ3) is 6.67. The van der Waals surface area contributed by atoms with Crippen LogP contribution in [0.15, 0.2) is 30.3 Å². The lowest BCUT2D eigenvalue weighted by molar-refractivity contribution is -0.127. The van der Waals surface area contributed by atoms with Crippen LogP contribution in [0.25, 0.3) is 0 Å². The summed E-state index contributed by atoms with van der Waals surface area (Å²) in [5, 5.41) is 2.94. The first-order valence-corrected chi connectivity index (χ1v) is 13.1. The lowest BCUT2D eigenvalue weighted by Crippen LogP contribution is -2.42. The van der Waals surface area contributed by atoms with Crippen LogP contribution < -0.4 is 29.2 Å². The Morgan fingerprint density at radius 1 is 1.03 bits per heavy atom. The molecule has 8 heteroatoms. The molecule has 1 aliphatic heterocycles. The fourth-order valence-corrected chi connectivity index (χ4v) is 4.06. The van der Waals surface area contributed by atoms with E-state index in [0.29, 0.717) is 72.2 Å². The molecule has 8 nitrogen and oxygen atoms in total. The highest BCUT2D eigenvalue weighted by molar-refractivity contribution is 6.06. The van der Waals surface area contributed by atoms with Crippen LogP contribution >= 0.6 is 0 Å². The van der Waals surface area contributed by atoms with Crippen molar-refractivity contribution in [2.24, 2.45) is 11.3 Å². The van der Waals surface area contributed by atoms with Crippen molar-refractivity contribution in [1.82, 2.24) is 0 Å². The van der Waals surface area contributed by atoms with Crippen molar-refractivity contribution in [2.45, 2.75) is 54.9 Å². The Morgan fingerprint density at radius 2 is 1.65 bits per heavy atom. The molecule has 0 aliphatic carbocycles. The number of nitrogens with one attached hydrogen (secondary N) is 1. The van der Waals surface area contributed by atoms with Gasteiger partial charge < -0.3 is 29.2 Å². The highest BCUT2D eigenvalue weighted by atomic mass is 16.5. The van der Waals surface area contributed by atoms with E-state index in [-0.39, 0.29) is 18.4 Å². The fraction of sp³-hybridized carbons (Fsp3) is 0.517. The van der Waals surface area contributed by atoms with Gasteiger partial charge in [-0.1, -0.05) is 13.8 Å². The second-order valence-corrected chi connectivity index (χ2v) is 10.0. The van der Waals surface area contributed by atoms with E-state index in [9.17, 15) is 9.59 Å². The molecule has 37 heavy (non-hydrogen) atoms. The topological polar surface area (TPSA) is 86.3 Å². The van der Waals surface area contributed by atoms with Crippen molar-refractivity contribution in [3.05, 3.63) is 35.9 Å². The number of carbonyl (C=O) groups is 2. The second-order valence-electron chi connectivity index (χ2n) is 10.0. The van der Waals surface area contributed by atoms with Crippen LogP contribution in [0.3, 0.4) is 0 Å². The Labute approximate surface area is 220 Å². The summed E-state index contributed by atoms with van der Waals surface area (Å²) in [6.45, 7) is 15.8. The van der Waals surface area contributed by atoms with Crippen molar-refractivity contribution in [3.8, 4) is 23.0 Å². The van der Waals surface area contributed by atoms with Gasteiger partial charge >= 0.3 is 0 Å². The third-order valence-corrected chi connectivity index (χ3v) is 6.02. The van der Waals surface area contributed by atoms with Crippen molar-refractivity contribution in [3.63, 3.8) is 0 Å². The maximum atomic E-state index is 13.3. The number of hydrogen-bond acceptors (Lipinski definition) is 6. The molecule has 0 aromatic heterocycles. The van der Waals surface area contributed by atoms with E-state index in [0.717, 1.165) is 6.42 Å². The summed E-state index contributed by atoms with van der Waals surface area (Å²) < 4.78 is 23.3. The van der Waals surface area contributed by atoms with E-state index in [1.165, 1.54) is 0 Å². The molecule has 0 bridgehead atoms. The van der Waals surface area contributed by atoms with Gasteiger partial charge in [0.05, 0.1) is 30.9 Å². The molecular formula is C29H40N2O6. The van der Waals surface area contributed by atoms with E-state index < -0.39 is 5.41 Å². The molecule has 1 N–H and O–H groups in total. The summed E-state index contributed by atoms with van der Waals surface area (Å²) in [6, 6.07) is 8.70. The van der Waals surface area contributed by atoms with Gasteiger partial charge in [0, 0.05) is 23.9 Å². The molecule has 0 atom stereocenters. The average Bonchev–Trinajstić information content (AvgIpc) is 2.94. The number of fused-ring (bicyclic) bond motifs is 1. The van der Waals surface area contributed by atoms with Crippen molar-refractivity contribution in [2.75, 3.05) is 43.2 Å². The third-order valence-electron chi connectivity index (χ3n) is 6.02. The number of nitrogens with zero attached hydrogens (tertiary/aromatic N) is 1. The molecule has 0 unspecified atom stereocenters. The smallest absolute Gasteiger partial charge is 0.255 e. The number of hydrogen-bond donors (Lipinski definition) is 1. The second kappa shape index (κ2) is 12.2. The molecule has 202 valence electrons. The molecule has 2 amide bonds. The molecule has 1 heterocycles. The average molecular weight is 513 g/mol. The minimum absolute atomic E-state index is 0.0324. The van der Waals surface area contributed by atoms with Crippen LogP contribution in [0.4, 0.5) is 11.4 Å². The monoisotopic (exact) mass is 512 g/mol. The molecule has 0 saturated carbocycles. The van der Waals surface area contributed by atoms with Crippen molar-refractivity contribution < 1.29 is 28.5 Å². The Bertz CT molecular complexity index is 1080. The van der Waals surface area contributed by atoms with Crippen LogP contribution in [0.5, 0.6) is 23.0 Å². The molecule has 0 spiro atoms. The number of ether oxygens (including phenoxy) is 4. The SMILES string of the molecule is CCOc1cc(C(=O)Nc2ccc3c(c2)OCC(C)(C)C(=O)N3CCC(C)C)cc(OCC)c1OCC. The first-order valence-electron chi connectivity index (χ1n) is 13.1. The highest BCUT2D eigenvalue weighted by Gasteiger charge is 2.37. The van der Waals surface area contributed by atoms with E-state index in [1.807, 2.05) is 45.6 Å². The van der Waals surface area contributed by atoms with Gasteiger partial charge in [-0.05, 0) is 71.2 Å². The Kier molecular flexibility index (Phi) is 9.29. The van der Waals surface area contributed by atoms with Gasteiger partial charge in [0.2, 0.25) is 11.7 Å². The van der Waals surface area contributed by atoms with Gasteiger partial charge in [-0.15, -0.1) is 0 Å². The number of anilines is 2. The summed E-state index contributed by atoms with van der Waals surface area (Å²) in [5.41, 5.74) is 0.991. The quantitative estimate of drug-likeness (QED) is 0.401. The van der Waals surface area contributed by atoms with Gasteiger partial charge in [-0.2, -0.15) is 0 Å². The minimum Gasteiger partial charge on any atom is -0.490 e. The number of amides is 2. The zero-order valence-electron chi connectivity index (χ0n) is 23.1. The molecule has 2 aromatic rings. The van der Waals surface area contributed by atoms with Gasteiger partial charge in [0.1, 0.15) is 12.4 Å². The van der Waals surface area contributed by atoms with Crippen LogP contribution in [0.2, 0.25) is 0 Å². The predicted octanol–water partition coefficient (Wildman–Crippen LogP) is 5.93. The summed E-state index contributed by atoms with van der Waals surface area (Å²) in [5.74, 6) is 2.11. The van der Waals surface area contributed by atoms with Crippen LogP contribution in [0, 0.1) is 11.3 Å². The van der Waals surface area contributed by atoms with E-state index >= 15 is 0 Å². The van der Waals surface area contributed by atoms with E-state index in [1.54, 1.807) is 24.3 Å². The lowest BCUT2D eigenvalue weighted by Gasteiger charge is -2.28. The number of carbonyl (C=O) groups excluding carboxylic acids is 2. The summed E-state index contributed by atoms with van der Waals surface area (Å²) in [7, 11) is 0. The van der Waals surface area contributed by atoms with E-state index in [4.69, 9.17) is 18.9 Å². The molecule has 0 fully saturated rings. The van der Waals surface area contributed by atoms with Gasteiger partial charge in [0.25, 0.3) is 5.91 Å². The van der Waals surface area contributed by atoms with Gasteiger partial charge in [-0.3, -0.25) is 9.59 Å². The predicted molar refractivity (Wildman–Crippen MR) is 145 cm³/mol. The summed E-state index contributed by atoms with van der Waals surface area (Å²) >= 11 is 0. The van der Waals surface area contributed by atoms with Crippen LogP contribution in [0.1, 0.15) is 65.2 Å². The van der Waals surface area contributed by atoms with Crippen molar-refractivity contribution >= 4 is 23.2 Å². The molecule has 2 aromatic carbocycles. The fourth-order valence-electron chi connectivity index (χ4n) is 4.06. The first-order chi connectivity index (χ1) is 17.6. The molecule has 3 rings (SSSR count). The molecular weight excluding hydrogens is 472 g/mol. The minimum atomic E-state index is -0.660.